The second kappa shape index (κ2) is 3.58. The number of aromatic nitrogens is 2. The highest BCUT2D eigenvalue weighted by atomic mass is 35.5. The lowest BCUT2D eigenvalue weighted by molar-refractivity contribution is -0.142. The van der Waals surface area contributed by atoms with E-state index in [0.717, 1.165) is 0 Å². The summed E-state index contributed by atoms with van der Waals surface area (Å²) in [5.74, 6) is -0.871. The Balaban J connectivity index is 0.00000121. The Labute approximate surface area is 76.4 Å². The fourth-order valence-electron chi connectivity index (χ4n) is 0.712. The van der Waals surface area contributed by atoms with Gasteiger partial charge in [0.1, 0.15) is 5.41 Å². The maximum Gasteiger partial charge on any atom is 0.315 e. The highest BCUT2D eigenvalue weighted by molar-refractivity contribution is 5.85. The number of nitrogens with zero attached hydrogens (tertiary/aromatic N) is 1. The van der Waals surface area contributed by atoms with Crippen molar-refractivity contribution in [1.29, 1.82) is 0 Å². The monoisotopic (exact) mass is 190 g/mol. The zero-order chi connectivity index (χ0) is 8.48. The first kappa shape index (κ1) is 11.0. The molecule has 12 heavy (non-hydrogen) atoms. The van der Waals surface area contributed by atoms with Gasteiger partial charge in [0, 0.05) is 6.20 Å². The lowest BCUT2D eigenvalue weighted by Crippen LogP contribution is -2.28. The first-order valence-corrected chi connectivity index (χ1v) is 3.28. The Hall–Kier alpha value is -1.03. The normalized spacial score (nSPS) is 10.5. The second-order valence-electron chi connectivity index (χ2n) is 2.88. The minimum atomic E-state index is -0.903. The lowest BCUT2D eigenvalue weighted by Gasteiger charge is -2.15. The maximum atomic E-state index is 10.7. The van der Waals surface area contributed by atoms with Crippen LogP contribution in [0.2, 0.25) is 0 Å². The molecule has 4 nitrogen and oxygen atoms in total. The van der Waals surface area contributed by atoms with Crippen LogP contribution in [0.25, 0.3) is 0 Å². The summed E-state index contributed by atoms with van der Waals surface area (Å²) in [6.07, 6.45) is 3.06. The number of nitrogens with one attached hydrogen (secondary N) is 1. The number of halogens is 1. The van der Waals surface area contributed by atoms with Gasteiger partial charge in [0.05, 0.1) is 12.0 Å². The second-order valence-corrected chi connectivity index (χ2v) is 2.88. The van der Waals surface area contributed by atoms with Crippen LogP contribution in [0, 0.1) is 0 Å². The molecule has 1 heterocycles. The molecule has 0 aliphatic carbocycles. The Kier molecular flexibility index (Phi) is 3.27. The summed E-state index contributed by atoms with van der Waals surface area (Å²) in [5, 5.41) is 8.76. The molecular weight excluding hydrogens is 180 g/mol. The third-order valence-electron chi connectivity index (χ3n) is 1.67. The summed E-state index contributed by atoms with van der Waals surface area (Å²) < 4.78 is 0. The van der Waals surface area contributed by atoms with Crippen molar-refractivity contribution in [3.63, 3.8) is 0 Å². The molecule has 0 saturated carbocycles. The van der Waals surface area contributed by atoms with Crippen molar-refractivity contribution in [2.24, 2.45) is 0 Å². The van der Waals surface area contributed by atoms with Gasteiger partial charge in [-0.25, -0.2) is 4.98 Å². The Morgan fingerprint density at radius 1 is 1.67 bits per heavy atom. The number of hydrogen-bond donors (Lipinski definition) is 2. The van der Waals surface area contributed by atoms with E-state index < -0.39 is 11.4 Å². The van der Waals surface area contributed by atoms with E-state index in [4.69, 9.17) is 5.11 Å². The van der Waals surface area contributed by atoms with Crippen LogP contribution in [0.15, 0.2) is 12.5 Å². The van der Waals surface area contributed by atoms with Crippen molar-refractivity contribution in [3.8, 4) is 0 Å². The Bertz CT molecular complexity index is 256. The Morgan fingerprint density at radius 2 is 2.25 bits per heavy atom. The predicted octanol–water partition coefficient (Wildman–Crippen LogP) is 1.19. The van der Waals surface area contributed by atoms with Gasteiger partial charge in [0.15, 0.2) is 0 Å². The summed E-state index contributed by atoms with van der Waals surface area (Å²) in [7, 11) is 0. The summed E-state index contributed by atoms with van der Waals surface area (Å²) >= 11 is 0. The predicted molar refractivity (Wildman–Crippen MR) is 46.5 cm³/mol. The first-order chi connectivity index (χ1) is 5.05. The number of aromatic amines is 1. The minimum Gasteiger partial charge on any atom is -0.481 e. The van der Waals surface area contributed by atoms with Crippen molar-refractivity contribution in [3.05, 3.63) is 18.2 Å². The van der Waals surface area contributed by atoms with E-state index >= 15 is 0 Å². The van der Waals surface area contributed by atoms with Crippen molar-refractivity contribution in [2.45, 2.75) is 19.3 Å². The molecule has 0 amide bonds. The summed E-state index contributed by atoms with van der Waals surface area (Å²) in [4.78, 5) is 17.3. The smallest absolute Gasteiger partial charge is 0.315 e. The number of rotatable bonds is 2. The molecule has 1 aromatic rings. The van der Waals surface area contributed by atoms with Crippen molar-refractivity contribution < 1.29 is 9.90 Å². The molecule has 68 valence electrons. The molecule has 0 unspecified atom stereocenters. The van der Waals surface area contributed by atoms with E-state index in [1.54, 1.807) is 20.0 Å². The van der Waals surface area contributed by atoms with Crippen LogP contribution in [0.3, 0.4) is 0 Å². The zero-order valence-electron chi connectivity index (χ0n) is 6.87. The average Bonchev–Trinajstić information content (AvgIpc) is 2.37. The number of H-pyrrole nitrogens is 1. The standard InChI is InChI=1S/C7H10N2O2.ClH/c1-7(2,6(10)11)5-3-8-4-9-5;/h3-4H,1-2H3,(H,8,9)(H,10,11);1H. The third-order valence-corrected chi connectivity index (χ3v) is 1.67. The number of carboxylic acids is 1. The van der Waals surface area contributed by atoms with Gasteiger partial charge in [-0.3, -0.25) is 4.79 Å². The molecule has 0 spiro atoms. The molecule has 1 aromatic heterocycles. The zero-order valence-corrected chi connectivity index (χ0v) is 7.68. The maximum absolute atomic E-state index is 10.7. The summed E-state index contributed by atoms with van der Waals surface area (Å²) in [5.41, 5.74) is -0.356. The number of carboxylic acid groups (broad SMARTS) is 1. The van der Waals surface area contributed by atoms with Crippen LogP contribution >= 0.6 is 12.4 Å². The molecule has 0 radical (unpaired) electrons. The molecule has 0 aliphatic rings. The van der Waals surface area contributed by atoms with E-state index in [1.807, 2.05) is 0 Å². The van der Waals surface area contributed by atoms with Gasteiger partial charge in [-0.15, -0.1) is 12.4 Å². The van der Waals surface area contributed by atoms with Crippen LogP contribution in [0.4, 0.5) is 0 Å². The van der Waals surface area contributed by atoms with E-state index in [9.17, 15) is 4.79 Å². The Morgan fingerprint density at radius 3 is 2.58 bits per heavy atom. The molecule has 0 aliphatic heterocycles. The molecular formula is C7H11ClN2O2. The van der Waals surface area contributed by atoms with Gasteiger partial charge in [0.25, 0.3) is 0 Å². The van der Waals surface area contributed by atoms with Gasteiger partial charge in [-0.1, -0.05) is 0 Å². The first-order valence-electron chi connectivity index (χ1n) is 3.28. The fourth-order valence-corrected chi connectivity index (χ4v) is 0.712. The number of carbonyl (C=O) groups is 1. The van der Waals surface area contributed by atoms with Crippen molar-refractivity contribution >= 4 is 18.4 Å². The van der Waals surface area contributed by atoms with E-state index in [-0.39, 0.29) is 12.4 Å². The van der Waals surface area contributed by atoms with E-state index in [0.29, 0.717) is 5.69 Å². The van der Waals surface area contributed by atoms with Crippen LogP contribution in [-0.2, 0) is 10.2 Å². The minimum absolute atomic E-state index is 0. The molecule has 1 rings (SSSR count). The molecule has 0 bridgehead atoms. The lowest BCUT2D eigenvalue weighted by atomic mass is 9.90. The molecule has 2 N–H and O–H groups in total. The van der Waals surface area contributed by atoms with Gasteiger partial charge in [-0.2, -0.15) is 0 Å². The highest BCUT2D eigenvalue weighted by Gasteiger charge is 2.31. The summed E-state index contributed by atoms with van der Waals surface area (Å²) in [6, 6.07) is 0. The quantitative estimate of drug-likeness (QED) is 0.737. The van der Waals surface area contributed by atoms with Crippen LogP contribution < -0.4 is 0 Å². The SMILES string of the molecule is CC(C)(C(=O)O)c1c[nH]cn1.Cl. The van der Waals surface area contributed by atoms with E-state index in [1.165, 1.54) is 6.33 Å². The topological polar surface area (TPSA) is 66.0 Å². The highest BCUT2D eigenvalue weighted by Crippen LogP contribution is 2.19. The third kappa shape index (κ3) is 1.76. The molecule has 0 atom stereocenters. The van der Waals surface area contributed by atoms with Gasteiger partial charge in [-0.05, 0) is 13.8 Å². The van der Waals surface area contributed by atoms with Gasteiger partial charge in [0.2, 0.25) is 0 Å². The fraction of sp³-hybridized carbons (Fsp3) is 0.429. The largest absolute Gasteiger partial charge is 0.481 e. The molecule has 5 heteroatoms. The average molecular weight is 191 g/mol. The number of hydrogen-bond acceptors (Lipinski definition) is 2. The van der Waals surface area contributed by atoms with E-state index in [2.05, 4.69) is 9.97 Å². The van der Waals surface area contributed by atoms with Crippen LogP contribution in [-0.4, -0.2) is 21.0 Å². The molecule has 0 aromatic carbocycles. The van der Waals surface area contributed by atoms with Crippen molar-refractivity contribution in [2.75, 3.05) is 0 Å². The number of imidazole rings is 1. The van der Waals surface area contributed by atoms with Gasteiger partial charge >= 0.3 is 5.97 Å². The van der Waals surface area contributed by atoms with Crippen LogP contribution in [0.1, 0.15) is 19.5 Å². The molecule has 0 saturated heterocycles. The van der Waals surface area contributed by atoms with Crippen LogP contribution in [0.5, 0.6) is 0 Å². The number of aliphatic carboxylic acids is 1. The molecule has 0 fully saturated rings. The van der Waals surface area contributed by atoms with Crippen molar-refractivity contribution in [1.82, 2.24) is 9.97 Å². The van der Waals surface area contributed by atoms with Gasteiger partial charge < -0.3 is 10.1 Å². The summed E-state index contributed by atoms with van der Waals surface area (Å²) in [6.45, 7) is 3.23.